The van der Waals surface area contributed by atoms with Crippen LogP contribution in [-0.2, 0) is 0 Å². The summed E-state index contributed by atoms with van der Waals surface area (Å²) in [5.74, 6) is 0.657. The van der Waals surface area contributed by atoms with Crippen molar-refractivity contribution in [3.8, 4) is 0 Å². The normalized spacial score (nSPS) is 15.2. The Balaban J connectivity index is 1.36. The number of quaternary nitrogens is 1. The SMILES string of the molecule is O=C(NC[C@H](c1ccco1)[NH+]1CCCC1)c1ccc(NC(=O)c2ccco2)cc1. The molecule has 150 valence electrons. The minimum absolute atomic E-state index is 0.114. The fourth-order valence-electron chi connectivity index (χ4n) is 3.72. The Bertz CT molecular complexity index is 927. The zero-order valence-electron chi connectivity index (χ0n) is 16.0. The first-order valence-electron chi connectivity index (χ1n) is 9.82. The Morgan fingerprint density at radius 1 is 0.931 bits per heavy atom. The van der Waals surface area contributed by atoms with E-state index in [0.717, 1.165) is 18.8 Å². The van der Waals surface area contributed by atoms with Gasteiger partial charge in [-0.25, -0.2) is 0 Å². The molecule has 0 bridgehead atoms. The summed E-state index contributed by atoms with van der Waals surface area (Å²) in [6, 6.07) is 14.0. The first kappa shape index (κ1) is 19.0. The largest absolute Gasteiger partial charge is 0.463 e. The summed E-state index contributed by atoms with van der Waals surface area (Å²) < 4.78 is 10.7. The van der Waals surface area contributed by atoms with Gasteiger partial charge in [0.15, 0.2) is 17.6 Å². The maximum atomic E-state index is 12.6. The predicted octanol–water partition coefficient (Wildman–Crippen LogP) is 2.27. The first-order valence-corrected chi connectivity index (χ1v) is 9.82. The number of likely N-dealkylation sites (tertiary alicyclic amines) is 1. The number of benzene rings is 1. The van der Waals surface area contributed by atoms with Crippen LogP contribution >= 0.6 is 0 Å². The van der Waals surface area contributed by atoms with Gasteiger partial charge in [0, 0.05) is 24.1 Å². The molecule has 3 N–H and O–H groups in total. The lowest BCUT2D eigenvalue weighted by Crippen LogP contribution is -3.11. The van der Waals surface area contributed by atoms with Crippen molar-refractivity contribution in [3.05, 3.63) is 78.1 Å². The number of hydrogen-bond acceptors (Lipinski definition) is 4. The fraction of sp³-hybridized carbons (Fsp3) is 0.273. The van der Waals surface area contributed by atoms with E-state index in [1.165, 1.54) is 24.0 Å². The topological polar surface area (TPSA) is 88.9 Å². The molecule has 3 heterocycles. The van der Waals surface area contributed by atoms with Crippen molar-refractivity contribution in [1.29, 1.82) is 0 Å². The quantitative estimate of drug-likeness (QED) is 0.574. The van der Waals surface area contributed by atoms with Gasteiger partial charge in [0.2, 0.25) is 0 Å². The summed E-state index contributed by atoms with van der Waals surface area (Å²) in [6.45, 7) is 2.69. The molecular formula is C22H24N3O4+. The Hall–Kier alpha value is -3.32. The summed E-state index contributed by atoms with van der Waals surface area (Å²) in [5, 5.41) is 5.76. The van der Waals surface area contributed by atoms with Crippen LogP contribution in [0.15, 0.2) is 69.9 Å². The van der Waals surface area contributed by atoms with Crippen molar-refractivity contribution in [2.75, 3.05) is 25.0 Å². The number of hydrogen-bond donors (Lipinski definition) is 3. The molecule has 1 fully saturated rings. The van der Waals surface area contributed by atoms with Gasteiger partial charge in [-0.1, -0.05) is 0 Å². The Morgan fingerprint density at radius 3 is 2.31 bits per heavy atom. The molecule has 2 amide bonds. The molecule has 0 unspecified atom stereocenters. The van der Waals surface area contributed by atoms with Crippen LogP contribution in [0.3, 0.4) is 0 Å². The number of carbonyl (C=O) groups is 2. The van der Waals surface area contributed by atoms with Crippen molar-refractivity contribution in [1.82, 2.24) is 5.32 Å². The van der Waals surface area contributed by atoms with Crippen molar-refractivity contribution in [2.45, 2.75) is 18.9 Å². The second-order valence-corrected chi connectivity index (χ2v) is 7.15. The molecule has 29 heavy (non-hydrogen) atoms. The summed E-state index contributed by atoms with van der Waals surface area (Å²) >= 11 is 0. The molecule has 1 aliphatic heterocycles. The van der Waals surface area contributed by atoms with Crippen molar-refractivity contribution in [2.24, 2.45) is 0 Å². The molecule has 1 saturated heterocycles. The van der Waals surface area contributed by atoms with Crippen molar-refractivity contribution in [3.63, 3.8) is 0 Å². The number of rotatable bonds is 7. The van der Waals surface area contributed by atoms with Gasteiger partial charge in [0.25, 0.3) is 11.8 Å². The highest BCUT2D eigenvalue weighted by atomic mass is 16.3. The minimum atomic E-state index is -0.331. The highest BCUT2D eigenvalue weighted by Crippen LogP contribution is 2.14. The van der Waals surface area contributed by atoms with Crippen LogP contribution in [0, 0.1) is 0 Å². The number of furan rings is 2. The maximum Gasteiger partial charge on any atom is 0.291 e. The van der Waals surface area contributed by atoms with Gasteiger partial charge in [-0.15, -0.1) is 0 Å². The average molecular weight is 394 g/mol. The van der Waals surface area contributed by atoms with Gasteiger partial charge in [-0.2, -0.15) is 0 Å². The molecule has 7 heteroatoms. The standard InChI is InChI=1S/C22H23N3O4/c26-21(23-15-18(19-5-3-13-28-19)25-11-1-2-12-25)16-7-9-17(10-8-16)24-22(27)20-6-4-14-29-20/h3-10,13-14,18H,1-2,11-12,15H2,(H,23,26)(H,24,27)/p+1/t18-/m1/s1. The highest BCUT2D eigenvalue weighted by Gasteiger charge is 2.29. The van der Waals surface area contributed by atoms with Gasteiger partial charge in [0.05, 0.1) is 32.2 Å². The zero-order chi connectivity index (χ0) is 20.1. The Labute approximate surface area is 168 Å². The molecule has 0 aliphatic carbocycles. The second kappa shape index (κ2) is 8.79. The third-order valence-electron chi connectivity index (χ3n) is 5.24. The summed E-state index contributed by atoms with van der Waals surface area (Å²) in [6.07, 6.45) is 5.52. The number of amides is 2. The van der Waals surface area contributed by atoms with Crippen LogP contribution in [0.1, 0.15) is 45.6 Å². The van der Waals surface area contributed by atoms with Crippen LogP contribution < -0.4 is 15.5 Å². The predicted molar refractivity (Wildman–Crippen MR) is 107 cm³/mol. The van der Waals surface area contributed by atoms with E-state index in [-0.39, 0.29) is 23.6 Å². The van der Waals surface area contributed by atoms with E-state index in [2.05, 4.69) is 10.6 Å². The highest BCUT2D eigenvalue weighted by molar-refractivity contribution is 6.02. The van der Waals surface area contributed by atoms with Crippen LogP contribution in [0.5, 0.6) is 0 Å². The number of nitrogens with one attached hydrogen (secondary N) is 3. The maximum absolute atomic E-state index is 12.6. The minimum Gasteiger partial charge on any atom is -0.463 e. The zero-order valence-corrected chi connectivity index (χ0v) is 16.0. The van der Waals surface area contributed by atoms with Crippen LogP contribution in [0.4, 0.5) is 5.69 Å². The molecule has 1 atom stereocenters. The molecule has 0 saturated carbocycles. The third kappa shape index (κ3) is 4.57. The monoisotopic (exact) mass is 394 g/mol. The Kier molecular flexibility index (Phi) is 5.76. The van der Waals surface area contributed by atoms with Gasteiger partial charge in [-0.05, 0) is 48.5 Å². The summed E-state index contributed by atoms with van der Waals surface area (Å²) in [4.78, 5) is 26.1. The molecular weight excluding hydrogens is 370 g/mol. The number of anilines is 1. The molecule has 7 nitrogen and oxygen atoms in total. The Morgan fingerprint density at radius 2 is 1.66 bits per heavy atom. The third-order valence-corrected chi connectivity index (χ3v) is 5.24. The molecule has 0 radical (unpaired) electrons. The molecule has 2 aromatic heterocycles. The summed E-state index contributed by atoms with van der Waals surface area (Å²) in [5.41, 5.74) is 1.13. The smallest absolute Gasteiger partial charge is 0.291 e. The fourth-order valence-corrected chi connectivity index (χ4v) is 3.72. The van der Waals surface area contributed by atoms with Gasteiger partial charge < -0.3 is 24.4 Å². The lowest BCUT2D eigenvalue weighted by molar-refractivity contribution is -0.919. The molecule has 4 rings (SSSR count). The van der Waals surface area contributed by atoms with Crippen LogP contribution in [0.2, 0.25) is 0 Å². The lowest BCUT2D eigenvalue weighted by Gasteiger charge is -2.23. The molecule has 1 aromatic carbocycles. The summed E-state index contributed by atoms with van der Waals surface area (Å²) in [7, 11) is 0. The number of carbonyl (C=O) groups excluding carboxylic acids is 2. The molecule has 3 aromatic rings. The molecule has 0 spiro atoms. The van der Waals surface area contributed by atoms with E-state index in [4.69, 9.17) is 8.83 Å². The van der Waals surface area contributed by atoms with E-state index in [1.54, 1.807) is 42.7 Å². The lowest BCUT2D eigenvalue weighted by atomic mass is 10.1. The molecule has 1 aliphatic rings. The van der Waals surface area contributed by atoms with Gasteiger partial charge in [-0.3, -0.25) is 9.59 Å². The van der Waals surface area contributed by atoms with E-state index < -0.39 is 0 Å². The average Bonchev–Trinajstić information content (AvgIpc) is 3.52. The second-order valence-electron chi connectivity index (χ2n) is 7.15. The first-order chi connectivity index (χ1) is 14.2. The van der Waals surface area contributed by atoms with Gasteiger partial charge in [0.1, 0.15) is 0 Å². The van der Waals surface area contributed by atoms with Crippen LogP contribution in [0.25, 0.3) is 0 Å². The van der Waals surface area contributed by atoms with Crippen molar-refractivity contribution < 1.29 is 23.3 Å². The van der Waals surface area contributed by atoms with E-state index in [0.29, 0.717) is 17.8 Å². The van der Waals surface area contributed by atoms with E-state index in [9.17, 15) is 9.59 Å². The van der Waals surface area contributed by atoms with Crippen LogP contribution in [-0.4, -0.2) is 31.4 Å². The van der Waals surface area contributed by atoms with E-state index in [1.807, 2.05) is 12.1 Å². The van der Waals surface area contributed by atoms with Crippen molar-refractivity contribution >= 4 is 17.5 Å². The van der Waals surface area contributed by atoms with Gasteiger partial charge >= 0.3 is 0 Å². The van der Waals surface area contributed by atoms with E-state index >= 15 is 0 Å².